The molecule has 0 bridgehead atoms. The highest BCUT2D eigenvalue weighted by molar-refractivity contribution is 7.89. The number of carbonyl (C=O) groups is 1. The van der Waals surface area contributed by atoms with Crippen molar-refractivity contribution in [3.8, 4) is 0 Å². The maximum atomic E-state index is 11.7. The first-order valence-corrected chi connectivity index (χ1v) is 7.80. The summed E-state index contributed by atoms with van der Waals surface area (Å²) in [7, 11) is -3.69. The lowest BCUT2D eigenvalue weighted by Gasteiger charge is -2.09. The number of sulfonamides is 1. The summed E-state index contributed by atoms with van der Waals surface area (Å²) < 4.78 is 22.1. The van der Waals surface area contributed by atoms with Crippen molar-refractivity contribution in [3.05, 3.63) is 24.3 Å². The molecule has 1 amide bonds. The standard InChI is InChI=1S/C13H20N2O3S/c1-3-10(2)4-9-13(16)15-11-5-7-12(8-6-11)19(14,17)18/h5-8,10H,3-4,9H2,1-2H3,(H,15,16)(H2,14,17,18)/t10-/m0/s1. The van der Waals surface area contributed by atoms with Crippen LogP contribution in [0.3, 0.4) is 0 Å². The Bertz CT molecular complexity index is 523. The highest BCUT2D eigenvalue weighted by Gasteiger charge is 2.08. The molecule has 6 heteroatoms. The molecule has 0 aromatic heterocycles. The zero-order valence-electron chi connectivity index (χ0n) is 11.2. The molecular formula is C13H20N2O3S. The summed E-state index contributed by atoms with van der Waals surface area (Å²) in [6.07, 6.45) is 2.36. The lowest BCUT2D eigenvalue weighted by atomic mass is 10.0. The van der Waals surface area contributed by atoms with Crippen molar-refractivity contribution in [2.75, 3.05) is 5.32 Å². The van der Waals surface area contributed by atoms with Crippen LogP contribution in [0.25, 0.3) is 0 Å². The van der Waals surface area contributed by atoms with Crippen LogP contribution in [0.1, 0.15) is 33.1 Å². The van der Waals surface area contributed by atoms with Crippen LogP contribution in [0.5, 0.6) is 0 Å². The predicted octanol–water partition coefficient (Wildman–Crippen LogP) is 2.10. The van der Waals surface area contributed by atoms with Crippen molar-refractivity contribution in [1.29, 1.82) is 0 Å². The minimum atomic E-state index is -3.69. The number of nitrogens with one attached hydrogen (secondary N) is 1. The fraction of sp³-hybridized carbons (Fsp3) is 0.462. The third-order valence-electron chi connectivity index (χ3n) is 3.03. The van der Waals surface area contributed by atoms with Gasteiger partial charge in [0.25, 0.3) is 0 Å². The van der Waals surface area contributed by atoms with E-state index < -0.39 is 10.0 Å². The summed E-state index contributed by atoms with van der Waals surface area (Å²) in [5, 5.41) is 7.71. The molecule has 1 aromatic carbocycles. The van der Waals surface area contributed by atoms with Crippen molar-refractivity contribution in [1.82, 2.24) is 0 Å². The summed E-state index contributed by atoms with van der Waals surface area (Å²) >= 11 is 0. The van der Waals surface area contributed by atoms with E-state index in [2.05, 4.69) is 19.2 Å². The average molecular weight is 284 g/mol. The molecule has 0 aliphatic heterocycles. The fourth-order valence-corrected chi connectivity index (χ4v) is 2.05. The zero-order valence-corrected chi connectivity index (χ0v) is 12.0. The maximum Gasteiger partial charge on any atom is 0.238 e. The molecule has 1 rings (SSSR count). The first kappa shape index (κ1) is 15.7. The molecule has 0 saturated carbocycles. The topological polar surface area (TPSA) is 89.3 Å². The van der Waals surface area contributed by atoms with E-state index in [0.29, 0.717) is 18.0 Å². The second-order valence-corrected chi connectivity index (χ2v) is 6.23. The van der Waals surface area contributed by atoms with E-state index in [4.69, 9.17) is 5.14 Å². The number of nitrogens with two attached hydrogens (primary N) is 1. The second-order valence-electron chi connectivity index (χ2n) is 4.67. The summed E-state index contributed by atoms with van der Waals surface area (Å²) in [5.74, 6) is 0.458. The average Bonchev–Trinajstić information content (AvgIpc) is 2.35. The summed E-state index contributed by atoms with van der Waals surface area (Å²) in [4.78, 5) is 11.7. The van der Waals surface area contributed by atoms with Crippen molar-refractivity contribution < 1.29 is 13.2 Å². The van der Waals surface area contributed by atoms with Crippen LogP contribution in [0.2, 0.25) is 0 Å². The van der Waals surface area contributed by atoms with Gasteiger partial charge in [-0.3, -0.25) is 4.79 Å². The molecule has 0 aliphatic rings. The van der Waals surface area contributed by atoms with Crippen LogP contribution in [-0.2, 0) is 14.8 Å². The molecular weight excluding hydrogens is 264 g/mol. The normalized spacial score (nSPS) is 13.0. The molecule has 0 spiro atoms. The van der Waals surface area contributed by atoms with E-state index >= 15 is 0 Å². The number of anilines is 1. The Morgan fingerprint density at radius 1 is 1.32 bits per heavy atom. The second kappa shape index (κ2) is 6.68. The molecule has 5 nitrogen and oxygen atoms in total. The molecule has 0 unspecified atom stereocenters. The highest BCUT2D eigenvalue weighted by Crippen LogP contribution is 2.14. The van der Waals surface area contributed by atoms with E-state index in [1.54, 1.807) is 0 Å². The van der Waals surface area contributed by atoms with Gasteiger partial charge in [-0.2, -0.15) is 0 Å². The Labute approximate surface area is 114 Å². The molecule has 19 heavy (non-hydrogen) atoms. The van der Waals surface area contributed by atoms with E-state index in [0.717, 1.165) is 12.8 Å². The maximum absolute atomic E-state index is 11.7. The monoisotopic (exact) mass is 284 g/mol. The van der Waals surface area contributed by atoms with Gasteiger partial charge in [0, 0.05) is 12.1 Å². The first-order chi connectivity index (χ1) is 8.82. The lowest BCUT2D eigenvalue weighted by molar-refractivity contribution is -0.116. The van der Waals surface area contributed by atoms with Gasteiger partial charge in [-0.15, -0.1) is 0 Å². The van der Waals surface area contributed by atoms with Crippen molar-refractivity contribution in [2.24, 2.45) is 11.1 Å². The fourth-order valence-electron chi connectivity index (χ4n) is 1.53. The van der Waals surface area contributed by atoms with Gasteiger partial charge >= 0.3 is 0 Å². The van der Waals surface area contributed by atoms with Gasteiger partial charge in [-0.25, -0.2) is 13.6 Å². The molecule has 0 aliphatic carbocycles. The van der Waals surface area contributed by atoms with E-state index in [-0.39, 0.29) is 10.8 Å². The number of amides is 1. The molecule has 0 radical (unpaired) electrons. The third kappa shape index (κ3) is 5.40. The molecule has 0 fully saturated rings. The Morgan fingerprint density at radius 3 is 2.37 bits per heavy atom. The Morgan fingerprint density at radius 2 is 1.89 bits per heavy atom. The molecule has 0 saturated heterocycles. The van der Waals surface area contributed by atoms with Crippen LogP contribution >= 0.6 is 0 Å². The summed E-state index contributed by atoms with van der Waals surface area (Å²) in [5.41, 5.74) is 0.571. The highest BCUT2D eigenvalue weighted by atomic mass is 32.2. The Balaban J connectivity index is 2.56. The van der Waals surface area contributed by atoms with Gasteiger partial charge in [-0.05, 0) is 36.6 Å². The van der Waals surface area contributed by atoms with Crippen molar-refractivity contribution in [2.45, 2.75) is 38.0 Å². The first-order valence-electron chi connectivity index (χ1n) is 6.25. The van der Waals surface area contributed by atoms with Crippen molar-refractivity contribution in [3.63, 3.8) is 0 Å². The molecule has 1 atom stereocenters. The smallest absolute Gasteiger partial charge is 0.238 e. The van der Waals surface area contributed by atoms with Gasteiger partial charge in [-0.1, -0.05) is 20.3 Å². The number of hydrogen-bond acceptors (Lipinski definition) is 3. The minimum Gasteiger partial charge on any atom is -0.326 e. The van der Waals surface area contributed by atoms with Gasteiger partial charge in [0.05, 0.1) is 4.90 Å². The predicted molar refractivity (Wildman–Crippen MR) is 75.1 cm³/mol. The minimum absolute atomic E-state index is 0.0325. The summed E-state index contributed by atoms with van der Waals surface area (Å²) in [6, 6.07) is 5.81. The number of benzene rings is 1. The van der Waals surface area contributed by atoms with Gasteiger partial charge in [0.1, 0.15) is 0 Å². The third-order valence-corrected chi connectivity index (χ3v) is 3.96. The van der Waals surface area contributed by atoms with Gasteiger partial charge < -0.3 is 5.32 Å². The zero-order chi connectivity index (χ0) is 14.5. The van der Waals surface area contributed by atoms with Crippen LogP contribution in [-0.4, -0.2) is 14.3 Å². The van der Waals surface area contributed by atoms with Gasteiger partial charge in [0.15, 0.2) is 0 Å². The lowest BCUT2D eigenvalue weighted by Crippen LogP contribution is -2.14. The number of rotatable bonds is 6. The van der Waals surface area contributed by atoms with Crippen LogP contribution < -0.4 is 10.5 Å². The number of primary sulfonamides is 1. The molecule has 3 N–H and O–H groups in total. The van der Waals surface area contributed by atoms with Crippen LogP contribution in [0, 0.1) is 5.92 Å². The van der Waals surface area contributed by atoms with Crippen LogP contribution in [0.15, 0.2) is 29.2 Å². The Hall–Kier alpha value is -1.40. The number of carbonyl (C=O) groups excluding carboxylic acids is 1. The molecule has 1 aromatic rings. The van der Waals surface area contributed by atoms with E-state index in [1.165, 1.54) is 24.3 Å². The largest absolute Gasteiger partial charge is 0.326 e. The Kier molecular flexibility index (Phi) is 5.50. The SMILES string of the molecule is CC[C@H](C)CCC(=O)Nc1ccc(S(N)(=O)=O)cc1. The molecule has 0 heterocycles. The van der Waals surface area contributed by atoms with Crippen molar-refractivity contribution >= 4 is 21.6 Å². The van der Waals surface area contributed by atoms with Crippen LogP contribution in [0.4, 0.5) is 5.69 Å². The quantitative estimate of drug-likeness (QED) is 0.838. The molecule has 106 valence electrons. The number of hydrogen-bond donors (Lipinski definition) is 2. The van der Waals surface area contributed by atoms with E-state index in [1.807, 2.05) is 0 Å². The van der Waals surface area contributed by atoms with E-state index in [9.17, 15) is 13.2 Å². The van der Waals surface area contributed by atoms with Gasteiger partial charge in [0.2, 0.25) is 15.9 Å². The summed E-state index contributed by atoms with van der Waals surface area (Å²) in [6.45, 7) is 4.20.